The summed E-state index contributed by atoms with van der Waals surface area (Å²) in [6, 6.07) is 1.25. The summed E-state index contributed by atoms with van der Waals surface area (Å²) in [5, 5.41) is 9.89. The summed E-state index contributed by atoms with van der Waals surface area (Å²) >= 11 is 0. The van der Waals surface area contributed by atoms with Gasteiger partial charge in [0.05, 0.1) is 18.8 Å². The molecule has 3 atom stereocenters. The van der Waals surface area contributed by atoms with Crippen molar-refractivity contribution < 1.29 is 14.6 Å². The van der Waals surface area contributed by atoms with Crippen molar-refractivity contribution in [1.82, 2.24) is 9.55 Å². The van der Waals surface area contributed by atoms with Crippen LogP contribution < -0.4 is 11.2 Å². The predicted octanol–water partition coefficient (Wildman–Crippen LogP) is -0.390. The molecule has 0 bridgehead atoms. The first-order valence-corrected chi connectivity index (χ1v) is 6.24. The number of rotatable bonds is 4. The molecule has 0 saturated carbocycles. The van der Waals surface area contributed by atoms with Crippen LogP contribution in [0.1, 0.15) is 26.5 Å². The minimum absolute atomic E-state index is 0.0469. The highest BCUT2D eigenvalue weighted by atomic mass is 16.6. The number of nitrogens with zero attached hydrogens (tertiary/aromatic N) is 1. The topological polar surface area (TPSA) is 93.5 Å². The molecule has 1 aromatic rings. The Hall–Kier alpha value is -1.44. The number of hydrogen-bond donors (Lipinski definition) is 2. The van der Waals surface area contributed by atoms with Crippen LogP contribution in [0, 0.1) is 0 Å². The molecule has 0 amide bonds. The molecule has 1 saturated heterocycles. The van der Waals surface area contributed by atoms with Crippen LogP contribution in [0.25, 0.3) is 0 Å². The molecule has 1 aromatic heterocycles. The molecular weight excluding hydrogens is 252 g/mol. The van der Waals surface area contributed by atoms with Gasteiger partial charge in [-0.05, 0) is 13.8 Å². The lowest BCUT2D eigenvalue weighted by atomic mass is 10.2. The zero-order valence-corrected chi connectivity index (χ0v) is 10.9. The molecular formula is C12H18N2O5. The molecule has 1 aliphatic heterocycles. The zero-order valence-electron chi connectivity index (χ0n) is 10.9. The fraction of sp³-hybridized carbons (Fsp3) is 0.667. The molecule has 106 valence electrons. The minimum atomic E-state index is -0.692. The largest absolute Gasteiger partial charge is 0.390 e. The Bertz CT molecular complexity index is 535. The summed E-state index contributed by atoms with van der Waals surface area (Å²) in [6.07, 6.45) is -0.0398. The van der Waals surface area contributed by atoms with E-state index in [1.807, 2.05) is 13.8 Å². The van der Waals surface area contributed by atoms with Crippen LogP contribution in [0.15, 0.2) is 21.9 Å². The molecule has 1 fully saturated rings. The Morgan fingerprint density at radius 3 is 2.95 bits per heavy atom. The summed E-state index contributed by atoms with van der Waals surface area (Å²) in [7, 11) is 0. The summed E-state index contributed by atoms with van der Waals surface area (Å²) < 4.78 is 12.3. The Kier molecular flexibility index (Phi) is 4.18. The van der Waals surface area contributed by atoms with Crippen LogP contribution in [0.5, 0.6) is 0 Å². The number of aliphatic hydroxyl groups excluding tert-OH is 1. The Morgan fingerprint density at radius 1 is 1.58 bits per heavy atom. The van der Waals surface area contributed by atoms with E-state index in [1.54, 1.807) is 0 Å². The molecule has 0 spiro atoms. The second kappa shape index (κ2) is 5.68. The number of H-pyrrole nitrogens is 1. The number of ether oxygens (including phenoxy) is 2. The van der Waals surface area contributed by atoms with Gasteiger partial charge in [-0.3, -0.25) is 14.3 Å². The first-order valence-electron chi connectivity index (χ1n) is 6.24. The smallest absolute Gasteiger partial charge is 0.330 e. The number of aliphatic hydroxyl groups is 1. The molecule has 19 heavy (non-hydrogen) atoms. The van der Waals surface area contributed by atoms with Crippen LogP contribution in [-0.2, 0) is 9.47 Å². The van der Waals surface area contributed by atoms with Gasteiger partial charge >= 0.3 is 5.69 Å². The van der Waals surface area contributed by atoms with Gasteiger partial charge in [-0.1, -0.05) is 0 Å². The molecule has 0 unspecified atom stereocenters. The van der Waals surface area contributed by atoms with E-state index >= 15 is 0 Å². The number of hydrogen-bond acceptors (Lipinski definition) is 5. The van der Waals surface area contributed by atoms with Gasteiger partial charge in [0.15, 0.2) is 0 Å². The first-order chi connectivity index (χ1) is 8.97. The van der Waals surface area contributed by atoms with Crippen LogP contribution in [0.3, 0.4) is 0 Å². The second-order valence-electron chi connectivity index (χ2n) is 4.83. The molecule has 2 heterocycles. The Balaban J connectivity index is 2.07. The summed E-state index contributed by atoms with van der Waals surface area (Å²) in [5.74, 6) is 0. The number of nitrogens with one attached hydrogen (secondary N) is 1. The predicted molar refractivity (Wildman–Crippen MR) is 66.9 cm³/mol. The van der Waals surface area contributed by atoms with Crippen molar-refractivity contribution in [2.75, 3.05) is 6.61 Å². The molecule has 2 N–H and O–H groups in total. The minimum Gasteiger partial charge on any atom is -0.390 e. The highest BCUT2D eigenvalue weighted by molar-refractivity contribution is 4.88. The summed E-state index contributed by atoms with van der Waals surface area (Å²) in [4.78, 5) is 24.8. The lowest BCUT2D eigenvalue weighted by Gasteiger charge is -2.17. The summed E-state index contributed by atoms with van der Waals surface area (Å²) in [6.45, 7) is 4.06. The molecule has 0 aliphatic carbocycles. The van der Waals surface area contributed by atoms with E-state index in [4.69, 9.17) is 9.47 Å². The van der Waals surface area contributed by atoms with Crippen LogP contribution >= 0.6 is 0 Å². The fourth-order valence-electron chi connectivity index (χ4n) is 1.98. The quantitative estimate of drug-likeness (QED) is 0.777. The third kappa shape index (κ3) is 3.31. The van der Waals surface area contributed by atoms with Gasteiger partial charge in [-0.15, -0.1) is 0 Å². The second-order valence-corrected chi connectivity index (χ2v) is 4.83. The van der Waals surface area contributed by atoms with Crippen molar-refractivity contribution >= 4 is 0 Å². The average Bonchev–Trinajstić information content (AvgIpc) is 2.67. The highest BCUT2D eigenvalue weighted by Gasteiger charge is 2.35. The van der Waals surface area contributed by atoms with Crippen LogP contribution in [0.2, 0.25) is 0 Å². The molecule has 0 aromatic carbocycles. The van der Waals surface area contributed by atoms with Gasteiger partial charge in [0.25, 0.3) is 5.56 Å². The van der Waals surface area contributed by atoms with E-state index in [9.17, 15) is 14.7 Å². The lowest BCUT2D eigenvalue weighted by Crippen LogP contribution is -2.32. The maximum absolute atomic E-state index is 11.6. The number of aromatic amines is 1. The van der Waals surface area contributed by atoms with Crippen LogP contribution in [0.4, 0.5) is 0 Å². The van der Waals surface area contributed by atoms with E-state index in [0.29, 0.717) is 0 Å². The van der Waals surface area contributed by atoms with E-state index in [0.717, 1.165) is 0 Å². The van der Waals surface area contributed by atoms with Crippen molar-refractivity contribution in [2.24, 2.45) is 0 Å². The third-order valence-electron chi connectivity index (χ3n) is 2.96. The van der Waals surface area contributed by atoms with Gasteiger partial charge in [0.1, 0.15) is 12.3 Å². The molecule has 7 nitrogen and oxygen atoms in total. The van der Waals surface area contributed by atoms with Crippen molar-refractivity contribution in [3.05, 3.63) is 33.1 Å². The molecule has 0 radical (unpaired) electrons. The lowest BCUT2D eigenvalue weighted by molar-refractivity contribution is -0.0747. The number of aromatic nitrogens is 2. The molecule has 1 aliphatic rings. The SMILES string of the molecule is CC(C)OC[C@H]1O[C@@H](n2ccc(=O)[nH]c2=O)C[C@@H]1O. The fourth-order valence-corrected chi connectivity index (χ4v) is 1.98. The Labute approximate surface area is 109 Å². The normalized spacial score (nSPS) is 27.1. The highest BCUT2D eigenvalue weighted by Crippen LogP contribution is 2.27. The monoisotopic (exact) mass is 270 g/mol. The van der Waals surface area contributed by atoms with E-state index in [1.165, 1.54) is 16.8 Å². The van der Waals surface area contributed by atoms with Gasteiger partial charge in [-0.2, -0.15) is 0 Å². The van der Waals surface area contributed by atoms with E-state index in [2.05, 4.69) is 4.98 Å². The van der Waals surface area contributed by atoms with Gasteiger partial charge < -0.3 is 14.6 Å². The summed E-state index contributed by atoms with van der Waals surface area (Å²) in [5.41, 5.74) is -1.00. The van der Waals surface area contributed by atoms with E-state index < -0.39 is 29.7 Å². The average molecular weight is 270 g/mol. The Morgan fingerprint density at radius 2 is 2.32 bits per heavy atom. The van der Waals surface area contributed by atoms with Gasteiger partial charge in [-0.25, -0.2) is 4.79 Å². The first kappa shape index (κ1) is 14.0. The van der Waals surface area contributed by atoms with Crippen LogP contribution in [-0.4, -0.2) is 39.6 Å². The zero-order chi connectivity index (χ0) is 14.0. The van der Waals surface area contributed by atoms with Crippen molar-refractivity contribution in [3.63, 3.8) is 0 Å². The third-order valence-corrected chi connectivity index (χ3v) is 2.96. The standard InChI is InChI=1S/C12H18N2O5/c1-7(2)18-6-9-8(15)5-11(19-9)14-4-3-10(16)13-12(14)17/h3-4,7-9,11,15H,5-6H2,1-2H3,(H,13,16,17)/t8-,9+,11+/m0/s1. The maximum Gasteiger partial charge on any atom is 0.330 e. The van der Waals surface area contributed by atoms with Crippen molar-refractivity contribution in [2.45, 2.75) is 44.8 Å². The molecule has 7 heteroatoms. The van der Waals surface area contributed by atoms with Crippen molar-refractivity contribution in [3.8, 4) is 0 Å². The van der Waals surface area contributed by atoms with E-state index in [-0.39, 0.29) is 19.1 Å². The van der Waals surface area contributed by atoms with Gasteiger partial charge in [0.2, 0.25) is 0 Å². The maximum atomic E-state index is 11.6. The van der Waals surface area contributed by atoms with Gasteiger partial charge in [0, 0.05) is 18.7 Å². The molecule has 2 rings (SSSR count). The van der Waals surface area contributed by atoms with Crippen molar-refractivity contribution in [1.29, 1.82) is 0 Å².